The second kappa shape index (κ2) is 3.66. The van der Waals surface area contributed by atoms with Crippen molar-refractivity contribution in [2.45, 2.75) is 19.9 Å². The molecule has 0 aliphatic rings. The van der Waals surface area contributed by atoms with Crippen molar-refractivity contribution in [3.8, 4) is 0 Å². The van der Waals surface area contributed by atoms with Crippen molar-refractivity contribution < 1.29 is 4.52 Å². The maximum absolute atomic E-state index is 4.94. The number of aromatic amines is 1. The lowest BCUT2D eigenvalue weighted by molar-refractivity contribution is 0.364. The van der Waals surface area contributed by atoms with Gasteiger partial charge in [-0.3, -0.25) is 0 Å². The van der Waals surface area contributed by atoms with Crippen LogP contribution in [0.5, 0.6) is 0 Å². The third kappa shape index (κ3) is 1.84. The normalized spacial score (nSPS) is 10.6. The summed E-state index contributed by atoms with van der Waals surface area (Å²) in [6.45, 7) is 2.38. The molecule has 0 aliphatic carbocycles. The summed E-state index contributed by atoms with van der Waals surface area (Å²) in [6, 6.07) is 0. The molecule has 7 nitrogen and oxygen atoms in total. The van der Waals surface area contributed by atoms with Crippen LogP contribution in [-0.2, 0) is 13.0 Å². The molecule has 74 valence electrons. The second-order valence-electron chi connectivity index (χ2n) is 2.72. The predicted octanol–water partition coefficient (Wildman–Crippen LogP) is 0.270. The fourth-order valence-electron chi connectivity index (χ4n) is 1.01. The third-order valence-corrected chi connectivity index (χ3v) is 1.95. The van der Waals surface area contributed by atoms with Crippen LogP contribution < -0.4 is 0 Å². The predicted molar refractivity (Wildman–Crippen MR) is 47.9 cm³/mol. The van der Waals surface area contributed by atoms with Crippen molar-refractivity contribution in [3.05, 3.63) is 16.5 Å². The quantitative estimate of drug-likeness (QED) is 0.735. The van der Waals surface area contributed by atoms with Gasteiger partial charge in [-0.25, -0.2) is 4.68 Å². The number of H-pyrrole nitrogens is 1. The average molecular weight is 212 g/mol. The van der Waals surface area contributed by atoms with Crippen molar-refractivity contribution in [2.75, 3.05) is 0 Å². The number of aryl methyl sites for hydroxylation is 3. The molecule has 2 aromatic heterocycles. The molecule has 2 aromatic rings. The summed E-state index contributed by atoms with van der Waals surface area (Å²) in [5.41, 5.74) is 0. The molecule has 0 amide bonds. The van der Waals surface area contributed by atoms with Gasteiger partial charge in [0, 0.05) is 6.42 Å². The van der Waals surface area contributed by atoms with E-state index < -0.39 is 0 Å². The zero-order chi connectivity index (χ0) is 9.97. The molecule has 0 fully saturated rings. The smallest absolute Gasteiger partial charge is 0.238 e. The molecule has 0 radical (unpaired) electrons. The minimum absolute atomic E-state index is 0.418. The number of tetrazole rings is 1. The van der Waals surface area contributed by atoms with Gasteiger partial charge in [0.25, 0.3) is 0 Å². The van der Waals surface area contributed by atoms with Gasteiger partial charge in [-0.15, -0.1) is 0 Å². The highest BCUT2D eigenvalue weighted by Gasteiger charge is 2.03. The molecule has 0 bridgehead atoms. The van der Waals surface area contributed by atoms with Crippen molar-refractivity contribution >= 4 is 12.2 Å². The molecular formula is C6H8N6OS. The van der Waals surface area contributed by atoms with Crippen LogP contribution in [0.2, 0.25) is 0 Å². The monoisotopic (exact) mass is 212 g/mol. The lowest BCUT2D eigenvalue weighted by atomic mass is 10.4. The average Bonchev–Trinajstić information content (AvgIpc) is 2.72. The van der Waals surface area contributed by atoms with Gasteiger partial charge >= 0.3 is 0 Å². The topological polar surface area (TPSA) is 85.4 Å². The Labute approximate surface area is 84.1 Å². The van der Waals surface area contributed by atoms with Crippen LogP contribution in [0.25, 0.3) is 0 Å². The first-order chi connectivity index (χ1) is 6.75. The Morgan fingerprint density at radius 2 is 2.43 bits per heavy atom. The second-order valence-corrected chi connectivity index (χ2v) is 3.08. The lowest BCUT2D eigenvalue weighted by Crippen LogP contribution is -2.03. The van der Waals surface area contributed by atoms with Gasteiger partial charge in [0.1, 0.15) is 0 Å². The Morgan fingerprint density at radius 1 is 1.57 bits per heavy atom. The third-order valence-electron chi connectivity index (χ3n) is 1.65. The van der Waals surface area contributed by atoms with Crippen LogP contribution >= 0.6 is 12.2 Å². The van der Waals surface area contributed by atoms with Gasteiger partial charge in [0.05, 0.1) is 6.54 Å². The molecular weight excluding hydrogens is 204 g/mol. The van der Waals surface area contributed by atoms with Crippen molar-refractivity contribution in [3.63, 3.8) is 0 Å². The number of nitrogens with one attached hydrogen (secondary N) is 1. The molecule has 0 spiro atoms. The van der Waals surface area contributed by atoms with Crippen molar-refractivity contribution in [2.24, 2.45) is 0 Å². The zero-order valence-electron chi connectivity index (χ0n) is 7.47. The summed E-state index contributed by atoms with van der Waals surface area (Å²) in [5, 5.41) is 13.5. The maximum Gasteiger partial charge on any atom is 0.238 e. The maximum atomic E-state index is 4.94. The molecule has 0 aromatic carbocycles. The number of hydrogen-bond acceptors (Lipinski definition) is 6. The van der Waals surface area contributed by atoms with Crippen LogP contribution in [0.1, 0.15) is 11.7 Å². The molecule has 14 heavy (non-hydrogen) atoms. The Kier molecular flexibility index (Phi) is 2.35. The van der Waals surface area contributed by atoms with Crippen LogP contribution in [0.4, 0.5) is 0 Å². The van der Waals surface area contributed by atoms with Crippen LogP contribution in [0.15, 0.2) is 4.52 Å². The van der Waals surface area contributed by atoms with Crippen molar-refractivity contribution in [1.82, 2.24) is 30.3 Å². The van der Waals surface area contributed by atoms with Crippen LogP contribution in [0, 0.1) is 11.7 Å². The molecule has 0 saturated heterocycles. The largest absolute Gasteiger partial charge is 0.339 e. The van der Waals surface area contributed by atoms with E-state index in [9.17, 15) is 0 Å². The van der Waals surface area contributed by atoms with E-state index in [1.165, 1.54) is 0 Å². The van der Waals surface area contributed by atoms with E-state index in [0.29, 0.717) is 29.5 Å². The summed E-state index contributed by atoms with van der Waals surface area (Å²) in [5.74, 6) is 1.21. The molecule has 1 N–H and O–H groups in total. The minimum atomic E-state index is 0.418. The molecule has 2 heterocycles. The highest BCUT2D eigenvalue weighted by Crippen LogP contribution is 1.98. The summed E-state index contributed by atoms with van der Waals surface area (Å²) in [4.78, 5) is 4.06. The Bertz CT molecular complexity index is 470. The van der Waals surface area contributed by atoms with E-state index in [-0.39, 0.29) is 0 Å². The highest BCUT2D eigenvalue weighted by atomic mass is 32.1. The standard InChI is InChI=1S/C6H8N6OS/c1-4-7-5(13-9-4)2-3-12-6(14)8-10-11-12/h2-3H2,1H3,(H,8,11,14). The van der Waals surface area contributed by atoms with Gasteiger partial charge in [0.2, 0.25) is 10.7 Å². The van der Waals surface area contributed by atoms with Crippen LogP contribution in [-0.4, -0.2) is 30.3 Å². The fourth-order valence-corrected chi connectivity index (χ4v) is 1.18. The number of nitrogens with zero attached hydrogens (tertiary/aromatic N) is 5. The Hall–Kier alpha value is -1.57. The fraction of sp³-hybridized carbons (Fsp3) is 0.500. The lowest BCUT2D eigenvalue weighted by Gasteiger charge is -1.95. The van der Waals surface area contributed by atoms with E-state index in [1.54, 1.807) is 11.6 Å². The van der Waals surface area contributed by atoms with Gasteiger partial charge < -0.3 is 4.52 Å². The van der Waals surface area contributed by atoms with E-state index in [2.05, 4.69) is 25.7 Å². The highest BCUT2D eigenvalue weighted by molar-refractivity contribution is 7.71. The first-order valence-electron chi connectivity index (χ1n) is 4.03. The number of rotatable bonds is 3. The van der Waals surface area contributed by atoms with E-state index in [0.717, 1.165) is 0 Å². The molecule has 0 atom stereocenters. The SMILES string of the molecule is Cc1noc(CCn2[nH]nnc2=S)n1. The summed E-state index contributed by atoms with van der Waals surface area (Å²) in [7, 11) is 0. The minimum Gasteiger partial charge on any atom is -0.339 e. The molecule has 2 rings (SSSR count). The van der Waals surface area contributed by atoms with E-state index in [1.807, 2.05) is 0 Å². The molecule has 0 aliphatic heterocycles. The zero-order valence-corrected chi connectivity index (χ0v) is 8.28. The number of aromatic nitrogens is 6. The van der Waals surface area contributed by atoms with Crippen molar-refractivity contribution in [1.29, 1.82) is 0 Å². The first-order valence-corrected chi connectivity index (χ1v) is 4.43. The van der Waals surface area contributed by atoms with E-state index >= 15 is 0 Å². The molecule has 0 unspecified atom stereocenters. The summed E-state index contributed by atoms with van der Waals surface area (Å²) in [6.07, 6.45) is 0.610. The Morgan fingerprint density at radius 3 is 3.00 bits per heavy atom. The van der Waals surface area contributed by atoms with Crippen LogP contribution in [0.3, 0.4) is 0 Å². The van der Waals surface area contributed by atoms with Gasteiger partial charge in [-0.1, -0.05) is 15.5 Å². The van der Waals surface area contributed by atoms with Gasteiger partial charge in [0.15, 0.2) is 5.82 Å². The number of hydrogen-bond donors (Lipinski definition) is 1. The molecule has 8 heteroatoms. The first kappa shape index (κ1) is 9.00. The summed E-state index contributed by atoms with van der Waals surface area (Å²) >= 11 is 4.90. The van der Waals surface area contributed by atoms with Gasteiger partial charge in [-0.2, -0.15) is 10.2 Å². The van der Waals surface area contributed by atoms with E-state index in [4.69, 9.17) is 16.7 Å². The summed E-state index contributed by atoms with van der Waals surface area (Å²) < 4.78 is 6.99. The molecule has 0 saturated carbocycles. The van der Waals surface area contributed by atoms with Gasteiger partial charge in [-0.05, 0) is 19.1 Å². The Balaban J connectivity index is 2.01.